The van der Waals surface area contributed by atoms with Gasteiger partial charge >= 0.3 is 0 Å². The molecule has 0 radical (unpaired) electrons. The largest absolute Gasteiger partial charge is 0.388 e. The van der Waals surface area contributed by atoms with E-state index in [1.165, 1.54) is 6.42 Å². The topological polar surface area (TPSA) is 49.3 Å². The van der Waals surface area contributed by atoms with E-state index in [0.717, 1.165) is 37.2 Å². The summed E-state index contributed by atoms with van der Waals surface area (Å²) in [6.07, 6.45) is 5.18. The fourth-order valence-electron chi connectivity index (χ4n) is 2.91. The molecule has 0 saturated heterocycles. The standard InChI is InChI=1S/C17H24ClNO2/c1-2-13-7-9-17(21,10-8-13)12-19-16(20)11-14-3-5-15(18)6-4-14/h3-6,13,21H,2,7-12H2,1H3,(H,19,20). The van der Waals surface area contributed by atoms with E-state index in [1.807, 2.05) is 12.1 Å². The Balaban J connectivity index is 1.77. The third kappa shape index (κ3) is 5.01. The molecule has 2 N–H and O–H groups in total. The first kappa shape index (κ1) is 16.3. The van der Waals surface area contributed by atoms with Gasteiger partial charge < -0.3 is 10.4 Å². The lowest BCUT2D eigenvalue weighted by Gasteiger charge is -2.35. The van der Waals surface area contributed by atoms with Crippen LogP contribution < -0.4 is 5.32 Å². The van der Waals surface area contributed by atoms with Gasteiger partial charge in [0, 0.05) is 11.6 Å². The second kappa shape index (κ2) is 7.28. The highest BCUT2D eigenvalue weighted by Gasteiger charge is 2.32. The van der Waals surface area contributed by atoms with Gasteiger partial charge in [-0.05, 0) is 49.3 Å². The number of nitrogens with one attached hydrogen (secondary N) is 1. The van der Waals surface area contributed by atoms with Crippen LogP contribution in [0.25, 0.3) is 0 Å². The summed E-state index contributed by atoms with van der Waals surface area (Å²) in [5.41, 5.74) is 0.208. The third-order valence-electron chi connectivity index (χ3n) is 4.51. The van der Waals surface area contributed by atoms with Gasteiger partial charge in [-0.1, -0.05) is 37.1 Å². The summed E-state index contributed by atoms with van der Waals surface area (Å²) in [6, 6.07) is 7.26. The van der Waals surface area contributed by atoms with Crippen LogP contribution in [0, 0.1) is 5.92 Å². The van der Waals surface area contributed by atoms with Gasteiger partial charge in [0.25, 0.3) is 0 Å². The first-order valence-corrected chi connectivity index (χ1v) is 8.12. The molecule has 0 aliphatic heterocycles. The van der Waals surface area contributed by atoms with Crippen LogP contribution in [0.5, 0.6) is 0 Å². The van der Waals surface area contributed by atoms with Crippen LogP contribution in [-0.2, 0) is 11.2 Å². The number of carbonyl (C=O) groups is 1. The predicted molar refractivity (Wildman–Crippen MR) is 85.4 cm³/mol. The molecule has 0 heterocycles. The average Bonchev–Trinajstić information content (AvgIpc) is 2.49. The normalized spacial score (nSPS) is 25.6. The average molecular weight is 310 g/mol. The van der Waals surface area contributed by atoms with Crippen molar-refractivity contribution < 1.29 is 9.90 Å². The molecule has 4 heteroatoms. The van der Waals surface area contributed by atoms with Crippen molar-refractivity contribution in [3.63, 3.8) is 0 Å². The summed E-state index contributed by atoms with van der Waals surface area (Å²) in [6.45, 7) is 2.55. The van der Waals surface area contributed by atoms with Crippen LogP contribution >= 0.6 is 11.6 Å². The summed E-state index contributed by atoms with van der Waals surface area (Å²) in [4.78, 5) is 11.9. The second-order valence-corrected chi connectivity index (χ2v) is 6.59. The lowest BCUT2D eigenvalue weighted by Crippen LogP contribution is -2.45. The van der Waals surface area contributed by atoms with Gasteiger partial charge in [-0.15, -0.1) is 0 Å². The molecule has 1 aromatic rings. The number of hydrogen-bond acceptors (Lipinski definition) is 2. The first-order chi connectivity index (χ1) is 10.0. The summed E-state index contributed by atoms with van der Waals surface area (Å²) in [7, 11) is 0. The maximum Gasteiger partial charge on any atom is 0.224 e. The van der Waals surface area contributed by atoms with Crippen LogP contribution in [-0.4, -0.2) is 23.2 Å². The Morgan fingerprint density at radius 1 is 1.33 bits per heavy atom. The van der Waals surface area contributed by atoms with Gasteiger partial charge in [-0.2, -0.15) is 0 Å². The number of aliphatic hydroxyl groups is 1. The maximum atomic E-state index is 11.9. The molecule has 1 aliphatic carbocycles. The van der Waals surface area contributed by atoms with Crippen LogP contribution in [0.2, 0.25) is 5.02 Å². The molecule has 0 bridgehead atoms. The van der Waals surface area contributed by atoms with Crippen molar-refractivity contribution in [1.82, 2.24) is 5.32 Å². The zero-order chi connectivity index (χ0) is 15.3. The molecule has 0 unspecified atom stereocenters. The summed E-state index contributed by atoms with van der Waals surface area (Å²) < 4.78 is 0. The Hall–Kier alpha value is -1.06. The van der Waals surface area contributed by atoms with Crippen LogP contribution in [0.15, 0.2) is 24.3 Å². The summed E-state index contributed by atoms with van der Waals surface area (Å²) in [5.74, 6) is 0.679. The number of amides is 1. The lowest BCUT2D eigenvalue weighted by molar-refractivity contribution is -0.122. The zero-order valence-corrected chi connectivity index (χ0v) is 13.3. The molecule has 116 valence electrons. The maximum absolute atomic E-state index is 11.9. The number of hydrogen-bond donors (Lipinski definition) is 2. The van der Waals surface area contributed by atoms with Crippen molar-refractivity contribution in [2.24, 2.45) is 5.92 Å². The Morgan fingerprint density at radius 2 is 1.95 bits per heavy atom. The van der Waals surface area contributed by atoms with E-state index in [2.05, 4.69) is 12.2 Å². The number of halogens is 1. The zero-order valence-electron chi connectivity index (χ0n) is 12.6. The van der Waals surface area contributed by atoms with E-state index in [0.29, 0.717) is 18.0 Å². The minimum atomic E-state index is -0.721. The minimum Gasteiger partial charge on any atom is -0.388 e. The molecular formula is C17H24ClNO2. The van der Waals surface area contributed by atoms with Gasteiger partial charge in [0.2, 0.25) is 5.91 Å². The molecule has 1 aromatic carbocycles. The molecular weight excluding hydrogens is 286 g/mol. The van der Waals surface area contributed by atoms with Gasteiger partial charge in [0.15, 0.2) is 0 Å². The summed E-state index contributed by atoms with van der Waals surface area (Å²) in [5, 5.41) is 14.0. The molecule has 1 aliphatic rings. The molecule has 1 saturated carbocycles. The van der Waals surface area contributed by atoms with E-state index in [-0.39, 0.29) is 5.91 Å². The van der Waals surface area contributed by atoms with E-state index in [4.69, 9.17) is 11.6 Å². The van der Waals surface area contributed by atoms with Crippen molar-refractivity contribution in [3.8, 4) is 0 Å². The van der Waals surface area contributed by atoms with Crippen molar-refractivity contribution in [1.29, 1.82) is 0 Å². The highest BCUT2D eigenvalue weighted by Crippen LogP contribution is 2.33. The van der Waals surface area contributed by atoms with Crippen LogP contribution in [0.4, 0.5) is 0 Å². The first-order valence-electron chi connectivity index (χ1n) is 7.74. The Bertz CT molecular complexity index is 464. The van der Waals surface area contributed by atoms with Gasteiger partial charge in [-0.3, -0.25) is 4.79 Å². The van der Waals surface area contributed by atoms with Crippen molar-refractivity contribution in [3.05, 3.63) is 34.9 Å². The van der Waals surface area contributed by atoms with Crippen molar-refractivity contribution >= 4 is 17.5 Å². The monoisotopic (exact) mass is 309 g/mol. The highest BCUT2D eigenvalue weighted by atomic mass is 35.5. The molecule has 1 amide bonds. The minimum absolute atomic E-state index is 0.0524. The van der Waals surface area contributed by atoms with E-state index in [1.54, 1.807) is 12.1 Å². The lowest BCUT2D eigenvalue weighted by atomic mass is 9.78. The second-order valence-electron chi connectivity index (χ2n) is 6.16. The quantitative estimate of drug-likeness (QED) is 0.876. The fourth-order valence-corrected chi connectivity index (χ4v) is 3.04. The number of benzene rings is 1. The van der Waals surface area contributed by atoms with Gasteiger partial charge in [0.1, 0.15) is 0 Å². The van der Waals surface area contributed by atoms with Crippen molar-refractivity contribution in [2.75, 3.05) is 6.54 Å². The molecule has 3 nitrogen and oxygen atoms in total. The van der Waals surface area contributed by atoms with E-state index in [9.17, 15) is 9.90 Å². The third-order valence-corrected chi connectivity index (χ3v) is 4.76. The SMILES string of the molecule is CCC1CCC(O)(CNC(=O)Cc2ccc(Cl)cc2)CC1. The molecule has 0 spiro atoms. The summed E-state index contributed by atoms with van der Waals surface area (Å²) >= 11 is 5.82. The molecule has 21 heavy (non-hydrogen) atoms. The van der Waals surface area contributed by atoms with Crippen LogP contribution in [0.3, 0.4) is 0 Å². The number of rotatable bonds is 5. The fraction of sp³-hybridized carbons (Fsp3) is 0.588. The predicted octanol–water partition coefficient (Wildman–Crippen LogP) is 3.33. The van der Waals surface area contributed by atoms with Gasteiger partial charge in [0.05, 0.1) is 12.0 Å². The Kier molecular flexibility index (Phi) is 5.65. The van der Waals surface area contributed by atoms with Crippen molar-refractivity contribution in [2.45, 2.75) is 51.0 Å². The molecule has 0 aromatic heterocycles. The molecule has 1 fully saturated rings. The highest BCUT2D eigenvalue weighted by molar-refractivity contribution is 6.30. The molecule has 2 rings (SSSR count). The van der Waals surface area contributed by atoms with Crippen LogP contribution in [0.1, 0.15) is 44.6 Å². The molecule has 0 atom stereocenters. The Labute approximate surface area is 131 Å². The van der Waals surface area contributed by atoms with Gasteiger partial charge in [-0.25, -0.2) is 0 Å². The van der Waals surface area contributed by atoms with E-state index >= 15 is 0 Å². The van der Waals surface area contributed by atoms with E-state index < -0.39 is 5.60 Å². The Morgan fingerprint density at radius 3 is 2.52 bits per heavy atom. The smallest absolute Gasteiger partial charge is 0.224 e. The number of carbonyl (C=O) groups excluding carboxylic acids is 1.